The predicted octanol–water partition coefficient (Wildman–Crippen LogP) is 0.756. The molecule has 80 valence electrons. The summed E-state index contributed by atoms with van der Waals surface area (Å²) >= 11 is 0. The van der Waals surface area contributed by atoms with Gasteiger partial charge in [0, 0.05) is 12.6 Å². The summed E-state index contributed by atoms with van der Waals surface area (Å²) in [4.78, 5) is 19.6. The Morgan fingerprint density at radius 3 is 3.00 bits per heavy atom. The molecular weight excluding hydrogens is 200 g/mol. The fraction of sp³-hybridized carbons (Fsp3) is 0.333. The first-order valence-corrected chi connectivity index (χ1v) is 4.46. The Hall–Kier alpha value is -1.66. The Bertz CT molecular complexity index is 356. The molecule has 2 N–H and O–H groups in total. The summed E-state index contributed by atoms with van der Waals surface area (Å²) in [5.74, 6) is 0. The van der Waals surface area contributed by atoms with E-state index in [1.54, 1.807) is 24.4 Å². The van der Waals surface area contributed by atoms with Gasteiger partial charge < -0.3 is 10.2 Å². The summed E-state index contributed by atoms with van der Waals surface area (Å²) in [5.41, 5.74) is 0.566. The lowest BCUT2D eigenvalue weighted by Gasteiger charge is -2.17. The van der Waals surface area contributed by atoms with Gasteiger partial charge in [-0.2, -0.15) is 5.06 Å². The van der Waals surface area contributed by atoms with Crippen molar-refractivity contribution in [2.45, 2.75) is 18.8 Å². The largest absolute Gasteiger partial charge is 0.463 e. The molecule has 6 heteroatoms. The second kappa shape index (κ2) is 3.84. The lowest BCUT2D eigenvalue weighted by Crippen LogP contribution is -2.28. The highest BCUT2D eigenvalue weighted by Crippen LogP contribution is 2.31. The Labute approximate surface area is 85.7 Å². The van der Waals surface area contributed by atoms with Crippen molar-refractivity contribution in [3.63, 3.8) is 0 Å². The van der Waals surface area contributed by atoms with Gasteiger partial charge >= 0.3 is 6.09 Å². The van der Waals surface area contributed by atoms with Crippen LogP contribution in [0.2, 0.25) is 0 Å². The molecule has 1 aliphatic heterocycles. The van der Waals surface area contributed by atoms with Crippen LogP contribution in [0.1, 0.15) is 18.2 Å². The molecule has 1 aliphatic rings. The SMILES string of the molecule is O=C(O)N1OC(O)C[C@H]1c1ccccn1. The minimum absolute atomic E-state index is 0.198. The Morgan fingerprint density at radius 1 is 1.60 bits per heavy atom. The summed E-state index contributed by atoms with van der Waals surface area (Å²) in [6, 6.07) is 4.65. The van der Waals surface area contributed by atoms with Gasteiger partial charge in [0.05, 0.1) is 5.69 Å². The van der Waals surface area contributed by atoms with Gasteiger partial charge in [0.1, 0.15) is 6.04 Å². The fourth-order valence-corrected chi connectivity index (χ4v) is 1.53. The van der Waals surface area contributed by atoms with Crippen LogP contribution < -0.4 is 0 Å². The molecule has 0 radical (unpaired) electrons. The summed E-state index contributed by atoms with van der Waals surface area (Å²) in [5, 5.41) is 18.8. The normalized spacial score (nSPS) is 25.5. The predicted molar refractivity (Wildman–Crippen MR) is 48.6 cm³/mol. The van der Waals surface area contributed by atoms with Crippen LogP contribution in [-0.4, -0.2) is 32.6 Å². The molecule has 1 saturated heterocycles. The molecule has 0 aliphatic carbocycles. The van der Waals surface area contributed by atoms with Gasteiger partial charge in [-0.15, -0.1) is 0 Å². The van der Waals surface area contributed by atoms with Gasteiger partial charge in [-0.1, -0.05) is 6.07 Å². The molecule has 0 saturated carbocycles. The van der Waals surface area contributed by atoms with E-state index in [0.717, 1.165) is 5.06 Å². The van der Waals surface area contributed by atoms with Crippen LogP contribution in [0.5, 0.6) is 0 Å². The molecule has 15 heavy (non-hydrogen) atoms. The molecule has 2 atom stereocenters. The van der Waals surface area contributed by atoms with E-state index in [0.29, 0.717) is 5.69 Å². The Morgan fingerprint density at radius 2 is 2.40 bits per heavy atom. The van der Waals surface area contributed by atoms with Crippen molar-refractivity contribution in [1.29, 1.82) is 0 Å². The fourth-order valence-electron chi connectivity index (χ4n) is 1.53. The molecule has 2 rings (SSSR count). The summed E-state index contributed by atoms with van der Waals surface area (Å²) in [6.07, 6.45) is -0.557. The van der Waals surface area contributed by atoms with Gasteiger partial charge in [-0.05, 0) is 12.1 Å². The third-order valence-electron chi connectivity index (χ3n) is 2.16. The van der Waals surface area contributed by atoms with Crippen molar-refractivity contribution in [3.8, 4) is 0 Å². The van der Waals surface area contributed by atoms with Gasteiger partial charge in [-0.3, -0.25) is 4.98 Å². The van der Waals surface area contributed by atoms with Crippen molar-refractivity contribution in [1.82, 2.24) is 10.0 Å². The van der Waals surface area contributed by atoms with Crippen LogP contribution in [0.25, 0.3) is 0 Å². The lowest BCUT2D eigenvalue weighted by atomic mass is 10.1. The number of nitrogens with zero attached hydrogens (tertiary/aromatic N) is 2. The topological polar surface area (TPSA) is 82.9 Å². The molecular formula is C9H10N2O4. The molecule has 6 nitrogen and oxygen atoms in total. The van der Waals surface area contributed by atoms with Crippen molar-refractivity contribution in [2.75, 3.05) is 0 Å². The minimum Gasteiger partial charge on any atom is -0.463 e. The monoisotopic (exact) mass is 210 g/mol. The van der Waals surface area contributed by atoms with Gasteiger partial charge in [-0.25, -0.2) is 9.63 Å². The van der Waals surface area contributed by atoms with E-state index in [2.05, 4.69) is 4.98 Å². The van der Waals surface area contributed by atoms with E-state index in [9.17, 15) is 9.90 Å². The number of carbonyl (C=O) groups is 1. The molecule has 1 aromatic rings. The Kier molecular flexibility index (Phi) is 2.53. The highest BCUT2D eigenvalue weighted by Gasteiger charge is 2.37. The van der Waals surface area contributed by atoms with Crippen molar-refractivity contribution >= 4 is 6.09 Å². The van der Waals surface area contributed by atoms with E-state index in [-0.39, 0.29) is 6.42 Å². The first-order chi connectivity index (χ1) is 7.18. The van der Waals surface area contributed by atoms with E-state index < -0.39 is 18.4 Å². The van der Waals surface area contributed by atoms with E-state index in [4.69, 9.17) is 9.94 Å². The van der Waals surface area contributed by atoms with Gasteiger partial charge in [0.15, 0.2) is 6.29 Å². The number of aromatic nitrogens is 1. The van der Waals surface area contributed by atoms with E-state index in [1.807, 2.05) is 0 Å². The van der Waals surface area contributed by atoms with Gasteiger partial charge in [0.25, 0.3) is 0 Å². The number of aliphatic hydroxyl groups is 1. The van der Waals surface area contributed by atoms with Crippen LogP contribution in [0.15, 0.2) is 24.4 Å². The number of hydrogen-bond acceptors (Lipinski definition) is 4. The number of aliphatic hydroxyl groups excluding tert-OH is 1. The maximum atomic E-state index is 10.8. The first-order valence-electron chi connectivity index (χ1n) is 4.46. The Balaban J connectivity index is 2.24. The molecule has 0 spiro atoms. The maximum Gasteiger partial charge on any atom is 0.432 e. The highest BCUT2D eigenvalue weighted by atomic mass is 16.8. The number of rotatable bonds is 1. The standard InChI is InChI=1S/C9H10N2O4/c12-8-5-7(11(15-8)9(13)14)6-3-1-2-4-10-6/h1-4,7-8,12H,5H2,(H,13,14)/t7-,8?/m0/s1. The quantitative estimate of drug-likeness (QED) is 0.714. The summed E-state index contributed by atoms with van der Waals surface area (Å²) in [6.45, 7) is 0. The summed E-state index contributed by atoms with van der Waals surface area (Å²) in [7, 11) is 0. The van der Waals surface area contributed by atoms with Crippen LogP contribution in [-0.2, 0) is 4.84 Å². The molecule has 2 heterocycles. The zero-order valence-corrected chi connectivity index (χ0v) is 7.78. The third-order valence-corrected chi connectivity index (χ3v) is 2.16. The van der Waals surface area contributed by atoms with Crippen LogP contribution >= 0.6 is 0 Å². The molecule has 0 aromatic carbocycles. The zero-order valence-electron chi connectivity index (χ0n) is 7.78. The minimum atomic E-state index is -1.23. The van der Waals surface area contributed by atoms with Crippen LogP contribution in [0, 0.1) is 0 Å². The number of amides is 1. The van der Waals surface area contributed by atoms with Crippen molar-refractivity contribution in [3.05, 3.63) is 30.1 Å². The first kappa shape index (κ1) is 9.88. The second-order valence-electron chi connectivity index (χ2n) is 3.17. The second-order valence-corrected chi connectivity index (χ2v) is 3.17. The molecule has 0 bridgehead atoms. The lowest BCUT2D eigenvalue weighted by molar-refractivity contribution is -0.199. The van der Waals surface area contributed by atoms with Crippen molar-refractivity contribution < 1.29 is 19.8 Å². The number of hydrogen-bond donors (Lipinski definition) is 2. The number of pyridine rings is 1. The van der Waals surface area contributed by atoms with Crippen LogP contribution in [0.3, 0.4) is 0 Å². The average Bonchev–Trinajstić information content (AvgIpc) is 2.62. The average molecular weight is 210 g/mol. The zero-order chi connectivity index (χ0) is 10.8. The molecule has 1 amide bonds. The van der Waals surface area contributed by atoms with E-state index >= 15 is 0 Å². The maximum absolute atomic E-state index is 10.8. The molecule has 1 aromatic heterocycles. The molecule has 1 unspecified atom stereocenters. The van der Waals surface area contributed by atoms with E-state index in [1.165, 1.54) is 0 Å². The summed E-state index contributed by atoms with van der Waals surface area (Å²) < 4.78 is 0. The highest BCUT2D eigenvalue weighted by molar-refractivity contribution is 5.64. The van der Waals surface area contributed by atoms with Crippen LogP contribution in [0.4, 0.5) is 4.79 Å². The van der Waals surface area contributed by atoms with Crippen molar-refractivity contribution in [2.24, 2.45) is 0 Å². The molecule has 1 fully saturated rings. The smallest absolute Gasteiger partial charge is 0.432 e. The number of hydroxylamine groups is 2. The van der Waals surface area contributed by atoms with Gasteiger partial charge in [0.2, 0.25) is 0 Å². The third kappa shape index (κ3) is 1.90. The number of carboxylic acid groups (broad SMARTS) is 1.